The molecule has 0 radical (unpaired) electrons. The van der Waals surface area contributed by atoms with Crippen LogP contribution in [0.4, 0.5) is 5.69 Å². The van der Waals surface area contributed by atoms with Crippen LogP contribution in [-0.2, 0) is 6.54 Å². The third-order valence-corrected chi connectivity index (χ3v) is 4.41. The Bertz CT molecular complexity index is 654. The van der Waals surface area contributed by atoms with Crippen LogP contribution >= 0.6 is 12.2 Å². The van der Waals surface area contributed by atoms with E-state index in [1.165, 1.54) is 16.8 Å². The van der Waals surface area contributed by atoms with Crippen molar-refractivity contribution in [1.29, 1.82) is 0 Å². The molecule has 0 saturated carbocycles. The number of anilines is 1. The summed E-state index contributed by atoms with van der Waals surface area (Å²) in [6, 6.07) is 11.0. The van der Waals surface area contributed by atoms with Gasteiger partial charge in [-0.1, -0.05) is 6.07 Å². The predicted molar refractivity (Wildman–Crippen MR) is 91.7 cm³/mol. The second kappa shape index (κ2) is 5.53. The minimum Gasteiger partial charge on any atom is -0.348 e. The standard InChI is InChI=1S/C17H21N3S/c1-12-9-13(2)11-15(10-12)18-17(21)20-8-7-19-6-4-5-16(19)14(20)3/h4-6,9-11,14H,7-8H2,1-3H3,(H,18,21)/t14-/m1/s1. The number of nitrogens with zero attached hydrogens (tertiary/aromatic N) is 2. The quantitative estimate of drug-likeness (QED) is 0.807. The van der Waals surface area contributed by atoms with Crippen molar-refractivity contribution < 1.29 is 0 Å². The van der Waals surface area contributed by atoms with Gasteiger partial charge in [-0.05, 0) is 68.4 Å². The fourth-order valence-corrected chi connectivity index (χ4v) is 3.47. The summed E-state index contributed by atoms with van der Waals surface area (Å²) in [5.74, 6) is 0. The molecule has 3 rings (SSSR count). The van der Waals surface area contributed by atoms with Crippen LogP contribution < -0.4 is 5.32 Å². The van der Waals surface area contributed by atoms with E-state index in [4.69, 9.17) is 12.2 Å². The number of nitrogens with one attached hydrogen (secondary N) is 1. The van der Waals surface area contributed by atoms with Crippen molar-refractivity contribution in [3.8, 4) is 0 Å². The first-order chi connectivity index (χ1) is 10.0. The normalized spacial score (nSPS) is 17.5. The zero-order valence-electron chi connectivity index (χ0n) is 12.8. The molecule has 1 aliphatic heterocycles. The lowest BCUT2D eigenvalue weighted by molar-refractivity contribution is 0.276. The number of rotatable bonds is 1. The fourth-order valence-electron chi connectivity index (χ4n) is 3.10. The van der Waals surface area contributed by atoms with Gasteiger partial charge in [0.05, 0.1) is 6.04 Å². The summed E-state index contributed by atoms with van der Waals surface area (Å²) in [5, 5.41) is 4.20. The number of hydrogen-bond acceptors (Lipinski definition) is 1. The van der Waals surface area contributed by atoms with Crippen molar-refractivity contribution in [2.75, 3.05) is 11.9 Å². The third kappa shape index (κ3) is 2.81. The van der Waals surface area contributed by atoms with Crippen LogP contribution in [0.2, 0.25) is 0 Å². The van der Waals surface area contributed by atoms with E-state index in [0.717, 1.165) is 23.9 Å². The van der Waals surface area contributed by atoms with Crippen LogP contribution in [0.15, 0.2) is 36.5 Å². The Morgan fingerprint density at radius 3 is 2.62 bits per heavy atom. The van der Waals surface area contributed by atoms with Gasteiger partial charge in [0.15, 0.2) is 5.11 Å². The lowest BCUT2D eigenvalue weighted by Gasteiger charge is -2.36. The number of aromatic nitrogens is 1. The molecule has 0 unspecified atom stereocenters. The second-order valence-electron chi connectivity index (χ2n) is 5.80. The fraction of sp³-hybridized carbons (Fsp3) is 0.353. The van der Waals surface area contributed by atoms with Crippen molar-refractivity contribution in [2.24, 2.45) is 0 Å². The highest BCUT2D eigenvalue weighted by molar-refractivity contribution is 7.80. The molecule has 0 saturated heterocycles. The molecule has 1 aromatic heterocycles. The Kier molecular flexibility index (Phi) is 3.72. The monoisotopic (exact) mass is 299 g/mol. The zero-order chi connectivity index (χ0) is 15.0. The lowest BCUT2D eigenvalue weighted by atomic mass is 10.1. The maximum Gasteiger partial charge on any atom is 0.174 e. The largest absolute Gasteiger partial charge is 0.348 e. The average molecular weight is 299 g/mol. The van der Waals surface area contributed by atoms with E-state index in [0.29, 0.717) is 6.04 Å². The second-order valence-corrected chi connectivity index (χ2v) is 6.19. The Balaban J connectivity index is 1.77. The van der Waals surface area contributed by atoms with Crippen LogP contribution in [0.3, 0.4) is 0 Å². The first-order valence-corrected chi connectivity index (χ1v) is 7.76. The number of hydrogen-bond donors (Lipinski definition) is 1. The van der Waals surface area contributed by atoms with Crippen molar-refractivity contribution >= 4 is 23.0 Å². The maximum atomic E-state index is 5.63. The van der Waals surface area contributed by atoms with Crippen LogP contribution in [0.25, 0.3) is 0 Å². The van der Waals surface area contributed by atoms with Crippen molar-refractivity contribution in [3.63, 3.8) is 0 Å². The minimum absolute atomic E-state index is 0.305. The van der Waals surface area contributed by atoms with Crippen LogP contribution in [-0.4, -0.2) is 21.1 Å². The molecule has 1 aromatic carbocycles. The molecule has 1 N–H and O–H groups in total. The smallest absolute Gasteiger partial charge is 0.174 e. The van der Waals surface area contributed by atoms with Gasteiger partial charge in [0.25, 0.3) is 0 Å². The molecule has 0 fully saturated rings. The summed E-state index contributed by atoms with van der Waals surface area (Å²) in [5.41, 5.74) is 4.90. The summed E-state index contributed by atoms with van der Waals surface area (Å²) >= 11 is 5.63. The van der Waals surface area contributed by atoms with Crippen LogP contribution in [0.5, 0.6) is 0 Å². The first-order valence-electron chi connectivity index (χ1n) is 7.35. The van der Waals surface area contributed by atoms with Gasteiger partial charge in [-0.15, -0.1) is 0 Å². The first kappa shape index (κ1) is 14.1. The van der Waals surface area contributed by atoms with Gasteiger partial charge in [0, 0.05) is 30.7 Å². The van der Waals surface area contributed by atoms with Gasteiger partial charge in [-0.25, -0.2) is 0 Å². The minimum atomic E-state index is 0.305. The Labute approximate surface area is 131 Å². The SMILES string of the molecule is Cc1cc(C)cc(NC(=S)N2CCn3cccc3[C@H]2C)c1. The van der Waals surface area contributed by atoms with E-state index in [-0.39, 0.29) is 0 Å². The predicted octanol–water partition coefficient (Wildman–Crippen LogP) is 3.88. The zero-order valence-corrected chi connectivity index (χ0v) is 13.6. The van der Waals surface area contributed by atoms with Gasteiger partial charge in [0.2, 0.25) is 0 Å². The molecule has 2 aromatic rings. The average Bonchev–Trinajstić information content (AvgIpc) is 2.86. The highest BCUT2D eigenvalue weighted by Gasteiger charge is 2.25. The third-order valence-electron chi connectivity index (χ3n) is 4.08. The molecule has 0 amide bonds. The molecule has 110 valence electrons. The Morgan fingerprint density at radius 2 is 1.90 bits per heavy atom. The van der Waals surface area contributed by atoms with E-state index in [2.05, 4.69) is 72.1 Å². The van der Waals surface area contributed by atoms with Crippen molar-refractivity contribution in [2.45, 2.75) is 33.4 Å². The number of fused-ring (bicyclic) bond motifs is 1. The molecule has 1 aliphatic rings. The van der Waals surface area contributed by atoms with E-state index >= 15 is 0 Å². The Hall–Kier alpha value is -1.81. The van der Waals surface area contributed by atoms with E-state index < -0.39 is 0 Å². The topological polar surface area (TPSA) is 20.2 Å². The molecule has 21 heavy (non-hydrogen) atoms. The van der Waals surface area contributed by atoms with E-state index in [1.807, 2.05) is 0 Å². The number of benzene rings is 1. The van der Waals surface area contributed by atoms with E-state index in [9.17, 15) is 0 Å². The molecule has 0 aliphatic carbocycles. The van der Waals surface area contributed by atoms with Gasteiger partial charge in [-0.2, -0.15) is 0 Å². The molecule has 2 heterocycles. The van der Waals surface area contributed by atoms with Crippen molar-refractivity contribution in [1.82, 2.24) is 9.47 Å². The maximum absolute atomic E-state index is 5.63. The summed E-state index contributed by atoms with van der Waals surface area (Å²) in [4.78, 5) is 2.27. The van der Waals surface area contributed by atoms with E-state index in [1.54, 1.807) is 0 Å². The van der Waals surface area contributed by atoms with Crippen LogP contribution in [0, 0.1) is 13.8 Å². The van der Waals surface area contributed by atoms with Crippen molar-refractivity contribution in [3.05, 3.63) is 53.3 Å². The van der Waals surface area contributed by atoms with Gasteiger partial charge in [0.1, 0.15) is 0 Å². The number of aryl methyl sites for hydroxylation is 2. The molecule has 3 nitrogen and oxygen atoms in total. The lowest BCUT2D eigenvalue weighted by Crippen LogP contribution is -2.42. The molecule has 1 atom stereocenters. The van der Waals surface area contributed by atoms with Gasteiger partial charge in [-0.3, -0.25) is 0 Å². The highest BCUT2D eigenvalue weighted by Crippen LogP contribution is 2.26. The highest BCUT2D eigenvalue weighted by atomic mass is 32.1. The molecule has 4 heteroatoms. The molecule has 0 spiro atoms. The summed E-state index contributed by atoms with van der Waals surface area (Å²) in [7, 11) is 0. The molecule has 0 bridgehead atoms. The molecular formula is C17H21N3S. The Morgan fingerprint density at radius 1 is 1.19 bits per heavy atom. The summed E-state index contributed by atoms with van der Waals surface area (Å²) in [6.07, 6.45) is 2.14. The summed E-state index contributed by atoms with van der Waals surface area (Å²) in [6.45, 7) is 8.36. The van der Waals surface area contributed by atoms with Gasteiger partial charge < -0.3 is 14.8 Å². The summed E-state index contributed by atoms with van der Waals surface area (Å²) < 4.78 is 2.31. The molecular weight excluding hydrogens is 278 g/mol. The van der Waals surface area contributed by atoms with Crippen LogP contribution in [0.1, 0.15) is 29.8 Å². The number of thiocarbonyl (C=S) groups is 1. The van der Waals surface area contributed by atoms with Gasteiger partial charge >= 0.3 is 0 Å².